The molecule has 0 amide bonds. The molecule has 1 N–H and O–H groups in total. The third-order valence-electron chi connectivity index (χ3n) is 2.38. The smallest absolute Gasteiger partial charge is 0.124 e. The van der Waals surface area contributed by atoms with Crippen LogP contribution in [-0.2, 0) is 0 Å². The summed E-state index contributed by atoms with van der Waals surface area (Å²) in [5.41, 5.74) is 2.08. The molecular formula is C12H11BrFNS. The van der Waals surface area contributed by atoms with E-state index in [0.29, 0.717) is 0 Å². The Morgan fingerprint density at radius 1 is 1.31 bits per heavy atom. The highest BCUT2D eigenvalue weighted by Gasteiger charge is 2.13. The van der Waals surface area contributed by atoms with Gasteiger partial charge in [0.05, 0.1) is 6.04 Å². The number of thiophene rings is 1. The van der Waals surface area contributed by atoms with E-state index in [9.17, 15) is 4.39 Å². The van der Waals surface area contributed by atoms with Crippen LogP contribution < -0.4 is 5.32 Å². The monoisotopic (exact) mass is 299 g/mol. The van der Waals surface area contributed by atoms with Gasteiger partial charge in [-0.15, -0.1) is 0 Å². The number of hydrogen-bond acceptors (Lipinski definition) is 2. The molecule has 0 radical (unpaired) electrons. The van der Waals surface area contributed by atoms with Crippen LogP contribution in [0.25, 0.3) is 0 Å². The second kappa shape index (κ2) is 5.08. The molecule has 1 heterocycles. The first kappa shape index (κ1) is 11.8. The fraction of sp³-hybridized carbons (Fsp3) is 0.167. The van der Waals surface area contributed by atoms with Crippen LogP contribution in [0, 0.1) is 5.82 Å². The van der Waals surface area contributed by atoms with Crippen molar-refractivity contribution in [3.8, 4) is 0 Å². The van der Waals surface area contributed by atoms with Crippen molar-refractivity contribution >= 4 is 27.3 Å². The molecular weight excluding hydrogens is 289 g/mol. The second-order valence-electron chi connectivity index (χ2n) is 3.48. The number of benzene rings is 1. The van der Waals surface area contributed by atoms with Gasteiger partial charge < -0.3 is 5.32 Å². The normalized spacial score (nSPS) is 12.7. The Kier molecular flexibility index (Phi) is 3.74. The van der Waals surface area contributed by atoms with Crippen LogP contribution >= 0.6 is 27.3 Å². The molecule has 16 heavy (non-hydrogen) atoms. The first-order valence-electron chi connectivity index (χ1n) is 4.86. The highest BCUT2D eigenvalue weighted by atomic mass is 79.9. The van der Waals surface area contributed by atoms with Gasteiger partial charge >= 0.3 is 0 Å². The molecule has 84 valence electrons. The third-order valence-corrected chi connectivity index (χ3v) is 3.54. The summed E-state index contributed by atoms with van der Waals surface area (Å²) in [6.45, 7) is 0. The van der Waals surface area contributed by atoms with E-state index in [0.717, 1.165) is 15.6 Å². The molecule has 1 aromatic carbocycles. The van der Waals surface area contributed by atoms with E-state index in [4.69, 9.17) is 0 Å². The summed E-state index contributed by atoms with van der Waals surface area (Å²) < 4.78 is 14.1. The predicted octanol–water partition coefficient (Wildman–Crippen LogP) is 3.96. The van der Waals surface area contributed by atoms with E-state index in [2.05, 4.69) is 26.6 Å². The lowest BCUT2D eigenvalue weighted by Crippen LogP contribution is -2.17. The van der Waals surface area contributed by atoms with Crippen LogP contribution in [0.3, 0.4) is 0 Å². The summed E-state index contributed by atoms with van der Waals surface area (Å²) in [6, 6.07) is 7.04. The maximum Gasteiger partial charge on any atom is 0.124 e. The van der Waals surface area contributed by atoms with Gasteiger partial charge in [0.15, 0.2) is 0 Å². The summed E-state index contributed by atoms with van der Waals surface area (Å²) in [4.78, 5) is 0. The van der Waals surface area contributed by atoms with Crippen LogP contribution in [0.4, 0.5) is 4.39 Å². The first-order chi connectivity index (χ1) is 7.70. The van der Waals surface area contributed by atoms with E-state index in [1.807, 2.05) is 24.6 Å². The topological polar surface area (TPSA) is 12.0 Å². The molecule has 1 unspecified atom stereocenters. The SMILES string of the molecule is CNC(c1ccsc1)c1cc(F)cc(Br)c1. The van der Waals surface area contributed by atoms with Crippen LogP contribution in [-0.4, -0.2) is 7.05 Å². The predicted molar refractivity (Wildman–Crippen MR) is 69.3 cm³/mol. The van der Waals surface area contributed by atoms with Gasteiger partial charge in [-0.1, -0.05) is 15.9 Å². The van der Waals surface area contributed by atoms with Crippen molar-refractivity contribution in [2.75, 3.05) is 7.05 Å². The molecule has 0 saturated heterocycles. The molecule has 4 heteroatoms. The minimum absolute atomic E-state index is 0.0400. The zero-order chi connectivity index (χ0) is 11.5. The molecule has 0 spiro atoms. The van der Waals surface area contributed by atoms with E-state index >= 15 is 0 Å². The molecule has 0 aliphatic heterocycles. The molecule has 1 atom stereocenters. The van der Waals surface area contributed by atoms with Crippen molar-refractivity contribution in [3.05, 3.63) is 56.4 Å². The van der Waals surface area contributed by atoms with Crippen molar-refractivity contribution < 1.29 is 4.39 Å². The van der Waals surface area contributed by atoms with Gasteiger partial charge in [-0.3, -0.25) is 0 Å². The fourth-order valence-corrected chi connectivity index (χ4v) is 2.88. The molecule has 0 bridgehead atoms. The molecule has 0 fully saturated rings. The van der Waals surface area contributed by atoms with Crippen molar-refractivity contribution in [3.63, 3.8) is 0 Å². The first-order valence-corrected chi connectivity index (χ1v) is 6.59. The van der Waals surface area contributed by atoms with Crippen molar-refractivity contribution in [2.45, 2.75) is 6.04 Å². The third kappa shape index (κ3) is 2.51. The molecule has 0 aliphatic carbocycles. The Balaban J connectivity index is 2.41. The van der Waals surface area contributed by atoms with Crippen molar-refractivity contribution in [1.82, 2.24) is 5.32 Å². The minimum atomic E-state index is -0.222. The Morgan fingerprint density at radius 2 is 2.12 bits per heavy atom. The zero-order valence-corrected chi connectivity index (χ0v) is 11.1. The highest BCUT2D eigenvalue weighted by molar-refractivity contribution is 9.10. The largest absolute Gasteiger partial charge is 0.309 e. The van der Waals surface area contributed by atoms with Crippen LogP contribution in [0.2, 0.25) is 0 Å². The lowest BCUT2D eigenvalue weighted by atomic mass is 10.0. The van der Waals surface area contributed by atoms with Crippen LogP contribution in [0.1, 0.15) is 17.2 Å². The molecule has 0 aliphatic rings. The van der Waals surface area contributed by atoms with Gasteiger partial charge in [0, 0.05) is 4.47 Å². The molecule has 0 saturated carbocycles. The minimum Gasteiger partial charge on any atom is -0.309 e. The van der Waals surface area contributed by atoms with E-state index in [1.165, 1.54) is 6.07 Å². The summed E-state index contributed by atoms with van der Waals surface area (Å²) in [6.07, 6.45) is 0. The number of halogens is 2. The van der Waals surface area contributed by atoms with Gasteiger partial charge in [-0.2, -0.15) is 11.3 Å². The van der Waals surface area contributed by atoms with Gasteiger partial charge in [0.1, 0.15) is 5.82 Å². The molecule has 2 aromatic rings. The Bertz CT molecular complexity index is 450. The molecule has 2 rings (SSSR count). The summed E-state index contributed by atoms with van der Waals surface area (Å²) in [5.74, 6) is -0.222. The van der Waals surface area contributed by atoms with Crippen LogP contribution in [0.15, 0.2) is 39.5 Å². The van der Waals surface area contributed by atoms with E-state index in [-0.39, 0.29) is 11.9 Å². The van der Waals surface area contributed by atoms with E-state index in [1.54, 1.807) is 17.4 Å². The second-order valence-corrected chi connectivity index (χ2v) is 5.18. The lowest BCUT2D eigenvalue weighted by Gasteiger charge is -2.15. The summed E-state index contributed by atoms with van der Waals surface area (Å²) in [7, 11) is 1.88. The number of hydrogen-bond donors (Lipinski definition) is 1. The quantitative estimate of drug-likeness (QED) is 0.905. The maximum atomic E-state index is 13.3. The zero-order valence-electron chi connectivity index (χ0n) is 8.71. The maximum absolute atomic E-state index is 13.3. The standard InChI is InChI=1S/C12H11BrFNS/c1-15-12(8-2-3-16-7-8)9-4-10(13)6-11(14)5-9/h2-7,12,15H,1H3. The lowest BCUT2D eigenvalue weighted by molar-refractivity contribution is 0.616. The molecule has 1 nitrogen and oxygen atoms in total. The summed E-state index contributed by atoms with van der Waals surface area (Å²) in [5, 5.41) is 7.29. The van der Waals surface area contributed by atoms with E-state index < -0.39 is 0 Å². The van der Waals surface area contributed by atoms with Crippen LogP contribution in [0.5, 0.6) is 0 Å². The fourth-order valence-electron chi connectivity index (χ4n) is 1.71. The number of rotatable bonds is 3. The Labute approximate surface area is 106 Å². The molecule has 1 aromatic heterocycles. The Morgan fingerprint density at radius 3 is 2.69 bits per heavy atom. The van der Waals surface area contributed by atoms with Gasteiger partial charge in [-0.05, 0) is 53.2 Å². The number of nitrogens with one attached hydrogen (secondary N) is 1. The van der Waals surface area contributed by atoms with Crippen molar-refractivity contribution in [2.24, 2.45) is 0 Å². The average molecular weight is 300 g/mol. The van der Waals surface area contributed by atoms with Gasteiger partial charge in [-0.25, -0.2) is 4.39 Å². The average Bonchev–Trinajstić information content (AvgIpc) is 2.70. The Hall–Kier alpha value is -0.710. The van der Waals surface area contributed by atoms with Gasteiger partial charge in [0.2, 0.25) is 0 Å². The van der Waals surface area contributed by atoms with Gasteiger partial charge in [0.25, 0.3) is 0 Å². The van der Waals surface area contributed by atoms with Crippen molar-refractivity contribution in [1.29, 1.82) is 0 Å². The summed E-state index contributed by atoms with van der Waals surface area (Å²) >= 11 is 4.95. The highest BCUT2D eigenvalue weighted by Crippen LogP contribution is 2.26.